The number of carbonyl (C=O) groups excluding carboxylic acids is 1. The molecule has 0 aliphatic carbocycles. The van der Waals surface area contributed by atoms with E-state index in [2.05, 4.69) is 9.72 Å². The first-order valence-electron chi connectivity index (χ1n) is 7.76. The van der Waals surface area contributed by atoms with Crippen molar-refractivity contribution >= 4 is 27.8 Å². The predicted octanol–water partition coefficient (Wildman–Crippen LogP) is 4.16. The van der Waals surface area contributed by atoms with Crippen LogP contribution in [-0.4, -0.2) is 28.8 Å². The number of carbonyl (C=O) groups is 1. The quantitative estimate of drug-likeness (QED) is 0.514. The Morgan fingerprint density at radius 1 is 1.14 bits per heavy atom. The van der Waals surface area contributed by atoms with E-state index < -0.39 is 47.1 Å². The molecule has 0 aliphatic rings. The normalized spacial score (nSPS) is 12.7. The number of rotatable bonds is 2. The summed E-state index contributed by atoms with van der Waals surface area (Å²) in [6, 6.07) is 2.53. The minimum atomic E-state index is -4.94. The molecule has 2 aromatic heterocycles. The molecule has 3 rings (SSSR count). The predicted molar refractivity (Wildman–Crippen MR) is 87.2 cm³/mol. The zero-order valence-electron chi connectivity index (χ0n) is 14.4. The molecule has 2 heterocycles. The van der Waals surface area contributed by atoms with Gasteiger partial charge in [-0.2, -0.15) is 26.3 Å². The van der Waals surface area contributed by atoms with E-state index in [1.54, 1.807) is 0 Å². The minimum absolute atomic E-state index is 0.116. The summed E-state index contributed by atoms with van der Waals surface area (Å²) in [6.07, 6.45) is -9.68. The van der Waals surface area contributed by atoms with E-state index in [0.29, 0.717) is 10.6 Å². The number of fused-ring (bicyclic) bond motifs is 3. The minimum Gasteiger partial charge on any atom is -0.464 e. The molecule has 3 aromatic rings. The Balaban J connectivity index is 2.57. The van der Waals surface area contributed by atoms with E-state index in [0.717, 1.165) is 19.2 Å². The summed E-state index contributed by atoms with van der Waals surface area (Å²) in [7, 11) is 0.952. The van der Waals surface area contributed by atoms with Gasteiger partial charge in [-0.15, -0.1) is 0 Å². The maximum atomic E-state index is 13.5. The molecule has 0 aliphatic heterocycles. The molecular weight excluding hydrogens is 394 g/mol. The molecular formula is C17H12F6N2O3. The number of H-pyrrole nitrogens is 1. The van der Waals surface area contributed by atoms with Gasteiger partial charge in [0.05, 0.1) is 18.2 Å². The zero-order valence-corrected chi connectivity index (χ0v) is 14.4. The van der Waals surface area contributed by atoms with Gasteiger partial charge in [0.15, 0.2) is 0 Å². The van der Waals surface area contributed by atoms with Crippen LogP contribution in [0.5, 0.6) is 0 Å². The summed E-state index contributed by atoms with van der Waals surface area (Å²) in [6.45, 7) is -0.371. The van der Waals surface area contributed by atoms with Gasteiger partial charge in [-0.3, -0.25) is 4.79 Å². The highest BCUT2D eigenvalue weighted by molar-refractivity contribution is 6.12. The number of aromatic nitrogens is 2. The molecule has 0 saturated carbocycles. The molecule has 0 unspecified atom stereocenters. The summed E-state index contributed by atoms with van der Waals surface area (Å²) < 4.78 is 84.9. The van der Waals surface area contributed by atoms with Gasteiger partial charge in [0.2, 0.25) is 5.56 Å². The lowest BCUT2D eigenvalue weighted by atomic mass is 10.0. The maximum absolute atomic E-state index is 13.5. The molecule has 0 bridgehead atoms. The molecule has 28 heavy (non-hydrogen) atoms. The van der Waals surface area contributed by atoms with Crippen molar-refractivity contribution in [3.8, 4) is 0 Å². The molecule has 1 aromatic carbocycles. The molecule has 0 radical (unpaired) electrons. The Morgan fingerprint density at radius 3 is 2.32 bits per heavy atom. The monoisotopic (exact) mass is 406 g/mol. The lowest BCUT2D eigenvalue weighted by Crippen LogP contribution is -2.21. The van der Waals surface area contributed by atoms with Crippen LogP contribution in [0.25, 0.3) is 21.8 Å². The van der Waals surface area contributed by atoms with Crippen molar-refractivity contribution < 1.29 is 35.9 Å². The van der Waals surface area contributed by atoms with Crippen LogP contribution in [0.2, 0.25) is 0 Å². The third kappa shape index (κ3) is 3.20. The van der Waals surface area contributed by atoms with E-state index in [-0.39, 0.29) is 22.0 Å². The molecule has 150 valence electrons. The smallest absolute Gasteiger partial charge is 0.417 e. The summed E-state index contributed by atoms with van der Waals surface area (Å²) in [5.41, 5.74) is -3.40. The maximum Gasteiger partial charge on any atom is 0.417 e. The van der Waals surface area contributed by atoms with Crippen LogP contribution in [0.15, 0.2) is 23.0 Å². The third-order valence-corrected chi connectivity index (χ3v) is 4.30. The van der Waals surface area contributed by atoms with Crippen LogP contribution in [0.3, 0.4) is 0 Å². The average molecular weight is 406 g/mol. The number of nitrogens with one attached hydrogen (secondary N) is 1. The number of pyridine rings is 1. The molecule has 0 amide bonds. The molecule has 1 N–H and O–H groups in total. The van der Waals surface area contributed by atoms with Gasteiger partial charge >= 0.3 is 18.3 Å². The Hall–Kier alpha value is -2.98. The number of benzene rings is 1. The molecule has 0 atom stereocenters. The van der Waals surface area contributed by atoms with E-state index in [1.807, 2.05) is 0 Å². The number of methoxy groups -OCH3 is 1. The van der Waals surface area contributed by atoms with Crippen molar-refractivity contribution in [1.82, 2.24) is 9.55 Å². The standard InChI is InChI=1S/C17H12F6N2O3/c1-7-12-10(25(6-16(18,19)20)14(7)15(27)28-2)4-3-9-13(12)8(17(21,22)23)5-11(26)24-9/h3-5H,6H2,1-2H3,(H,24,26). The van der Waals surface area contributed by atoms with Crippen LogP contribution >= 0.6 is 0 Å². The Labute approximate surface area is 152 Å². The highest BCUT2D eigenvalue weighted by atomic mass is 19.4. The molecule has 0 fully saturated rings. The first kappa shape index (κ1) is 19.8. The van der Waals surface area contributed by atoms with Crippen LogP contribution in [0.4, 0.5) is 26.3 Å². The number of halogens is 6. The lowest BCUT2D eigenvalue weighted by molar-refractivity contribution is -0.140. The largest absolute Gasteiger partial charge is 0.464 e. The zero-order chi connectivity index (χ0) is 21.0. The fourth-order valence-corrected chi connectivity index (χ4v) is 3.32. The van der Waals surface area contributed by atoms with Crippen molar-refractivity contribution in [3.05, 3.63) is 45.4 Å². The van der Waals surface area contributed by atoms with Gasteiger partial charge in [-0.25, -0.2) is 4.79 Å². The van der Waals surface area contributed by atoms with Crippen LogP contribution in [0.1, 0.15) is 21.6 Å². The summed E-state index contributed by atoms with van der Waals surface area (Å²) >= 11 is 0. The van der Waals surface area contributed by atoms with Gasteiger partial charge in [-0.1, -0.05) is 0 Å². The summed E-state index contributed by atoms with van der Waals surface area (Å²) in [5.74, 6) is -1.12. The van der Waals surface area contributed by atoms with E-state index in [1.165, 1.54) is 6.92 Å². The van der Waals surface area contributed by atoms with Crippen molar-refractivity contribution in [2.24, 2.45) is 0 Å². The van der Waals surface area contributed by atoms with E-state index >= 15 is 0 Å². The number of esters is 1. The summed E-state index contributed by atoms with van der Waals surface area (Å²) in [5, 5.41) is -0.709. The molecule has 5 nitrogen and oxygen atoms in total. The number of alkyl halides is 6. The van der Waals surface area contributed by atoms with Crippen molar-refractivity contribution in [3.63, 3.8) is 0 Å². The first-order valence-corrected chi connectivity index (χ1v) is 7.76. The number of aryl methyl sites for hydroxylation is 1. The SMILES string of the molecule is COC(=O)c1c(C)c2c3c(C(F)(F)F)cc(=O)[nH]c3ccc2n1CC(F)(F)F. The van der Waals surface area contributed by atoms with Gasteiger partial charge < -0.3 is 14.3 Å². The van der Waals surface area contributed by atoms with Gasteiger partial charge in [0, 0.05) is 22.4 Å². The molecule has 0 saturated heterocycles. The fraction of sp³-hybridized carbons (Fsp3) is 0.294. The first-order chi connectivity index (χ1) is 12.8. The number of hydrogen-bond acceptors (Lipinski definition) is 3. The third-order valence-electron chi connectivity index (χ3n) is 4.30. The fourth-order valence-electron chi connectivity index (χ4n) is 3.32. The van der Waals surface area contributed by atoms with Gasteiger partial charge in [0.25, 0.3) is 0 Å². The molecule has 0 spiro atoms. The number of nitrogens with zero attached hydrogens (tertiary/aromatic N) is 1. The van der Waals surface area contributed by atoms with Crippen LogP contribution < -0.4 is 5.56 Å². The van der Waals surface area contributed by atoms with E-state index in [4.69, 9.17) is 0 Å². The van der Waals surface area contributed by atoms with Crippen molar-refractivity contribution in [1.29, 1.82) is 0 Å². The lowest BCUT2D eigenvalue weighted by Gasteiger charge is -2.13. The topological polar surface area (TPSA) is 64.1 Å². The number of aromatic amines is 1. The highest BCUT2D eigenvalue weighted by Gasteiger charge is 2.37. The summed E-state index contributed by atoms with van der Waals surface area (Å²) in [4.78, 5) is 25.9. The average Bonchev–Trinajstić information content (AvgIpc) is 2.83. The Kier molecular flexibility index (Phi) is 4.43. The Morgan fingerprint density at radius 2 is 1.79 bits per heavy atom. The second-order valence-corrected chi connectivity index (χ2v) is 6.09. The number of ether oxygens (including phenoxy) is 1. The molecule has 11 heteroatoms. The highest BCUT2D eigenvalue weighted by Crippen LogP contribution is 2.40. The number of hydrogen-bond donors (Lipinski definition) is 1. The van der Waals surface area contributed by atoms with Crippen LogP contribution in [-0.2, 0) is 17.5 Å². The van der Waals surface area contributed by atoms with Gasteiger partial charge in [-0.05, 0) is 24.6 Å². The van der Waals surface area contributed by atoms with E-state index in [9.17, 15) is 35.9 Å². The second-order valence-electron chi connectivity index (χ2n) is 6.09. The van der Waals surface area contributed by atoms with Crippen molar-refractivity contribution in [2.45, 2.75) is 25.8 Å². The Bertz CT molecular complexity index is 1150. The van der Waals surface area contributed by atoms with Gasteiger partial charge in [0.1, 0.15) is 12.2 Å². The second kappa shape index (κ2) is 6.28. The van der Waals surface area contributed by atoms with Crippen molar-refractivity contribution in [2.75, 3.05) is 7.11 Å². The van der Waals surface area contributed by atoms with Crippen LogP contribution in [0, 0.1) is 6.92 Å².